The number of cyclic esters (lactones) is 1. The summed E-state index contributed by atoms with van der Waals surface area (Å²) >= 11 is 5.80. The van der Waals surface area contributed by atoms with Crippen LogP contribution in [0.15, 0.2) is 24.3 Å². The molecule has 2 heterocycles. The van der Waals surface area contributed by atoms with Crippen LogP contribution in [-0.2, 0) is 15.7 Å². The number of nitrogens with zero attached hydrogens (tertiary/aromatic N) is 3. The summed E-state index contributed by atoms with van der Waals surface area (Å²) in [5.41, 5.74) is -0.941. The Labute approximate surface area is 179 Å². The highest BCUT2D eigenvalue weighted by Crippen LogP contribution is 2.36. The lowest BCUT2D eigenvalue weighted by Gasteiger charge is -2.26. The molecule has 1 aromatic carbocycles. The van der Waals surface area contributed by atoms with Gasteiger partial charge in [-0.15, -0.1) is 0 Å². The fraction of sp³-hybridized carbons (Fsp3) is 0.316. The second kappa shape index (κ2) is 8.22. The number of halogens is 5. The van der Waals surface area contributed by atoms with Crippen LogP contribution < -0.4 is 14.5 Å². The molecule has 0 spiro atoms. The number of aromatic nitrogens is 1. The van der Waals surface area contributed by atoms with Crippen molar-refractivity contribution in [3.63, 3.8) is 0 Å². The molecule has 0 aliphatic carbocycles. The van der Waals surface area contributed by atoms with Gasteiger partial charge >= 0.3 is 12.3 Å². The summed E-state index contributed by atoms with van der Waals surface area (Å²) in [5.74, 6) is -1.90. The van der Waals surface area contributed by atoms with Gasteiger partial charge in [0.1, 0.15) is 24.0 Å². The van der Waals surface area contributed by atoms with E-state index < -0.39 is 42.2 Å². The minimum Gasteiger partial charge on any atom is -0.494 e. The third-order valence-corrected chi connectivity index (χ3v) is 4.88. The number of aryl methyl sites for hydroxylation is 1. The molecular weight excluding hydrogens is 446 g/mol. The average molecular weight is 462 g/mol. The smallest absolute Gasteiger partial charge is 0.416 e. The summed E-state index contributed by atoms with van der Waals surface area (Å²) in [6.45, 7) is 0.907. The van der Waals surface area contributed by atoms with Crippen molar-refractivity contribution in [2.24, 2.45) is 0 Å². The molecule has 31 heavy (non-hydrogen) atoms. The molecule has 7 nitrogen and oxygen atoms in total. The van der Waals surface area contributed by atoms with E-state index in [1.54, 1.807) is 0 Å². The Hall–Kier alpha value is -3.08. The quantitative estimate of drug-likeness (QED) is 0.638. The van der Waals surface area contributed by atoms with E-state index in [4.69, 9.17) is 21.1 Å². The first-order chi connectivity index (χ1) is 14.4. The van der Waals surface area contributed by atoms with E-state index in [1.165, 1.54) is 21.1 Å². The minimum atomic E-state index is -4.68. The number of anilines is 2. The van der Waals surface area contributed by atoms with Gasteiger partial charge in [-0.25, -0.2) is 19.1 Å². The lowest BCUT2D eigenvalue weighted by atomic mass is 10.1. The first-order valence-electron chi connectivity index (χ1n) is 8.76. The van der Waals surface area contributed by atoms with E-state index in [0.29, 0.717) is 6.07 Å². The summed E-state index contributed by atoms with van der Waals surface area (Å²) < 4.78 is 63.3. The molecule has 1 fully saturated rings. The largest absolute Gasteiger partial charge is 0.494 e. The number of alkyl halides is 3. The summed E-state index contributed by atoms with van der Waals surface area (Å²) in [7, 11) is 2.58. The van der Waals surface area contributed by atoms with Crippen LogP contribution in [0.4, 0.5) is 33.9 Å². The van der Waals surface area contributed by atoms with E-state index in [-0.39, 0.29) is 28.0 Å². The Morgan fingerprint density at radius 1 is 1.32 bits per heavy atom. The normalized spacial score (nSPS) is 16.3. The fourth-order valence-corrected chi connectivity index (χ4v) is 3.24. The van der Waals surface area contributed by atoms with Crippen LogP contribution >= 0.6 is 11.6 Å². The van der Waals surface area contributed by atoms with Gasteiger partial charge in [0.2, 0.25) is 0 Å². The second-order valence-electron chi connectivity index (χ2n) is 6.65. The van der Waals surface area contributed by atoms with Gasteiger partial charge in [-0.05, 0) is 25.1 Å². The van der Waals surface area contributed by atoms with Crippen molar-refractivity contribution in [3.05, 3.63) is 46.4 Å². The Morgan fingerprint density at radius 3 is 2.61 bits per heavy atom. The standard InChI is InChI=1S/C19H16ClF4N3O4/c1-9-4-10(19(22,23)24)5-16(25-9)27-14(8-31-18(27)29)17(28)26(2)13-6-11(20)12(21)7-15(13)30-3/h4-7,14H,8H2,1-3H3. The van der Waals surface area contributed by atoms with Crippen molar-refractivity contribution in [2.45, 2.75) is 19.1 Å². The van der Waals surface area contributed by atoms with Gasteiger partial charge < -0.3 is 14.4 Å². The second-order valence-corrected chi connectivity index (χ2v) is 7.06. The zero-order chi connectivity index (χ0) is 23.1. The molecule has 0 saturated carbocycles. The first kappa shape index (κ1) is 22.6. The van der Waals surface area contributed by atoms with Crippen molar-refractivity contribution in [1.29, 1.82) is 0 Å². The molecule has 3 rings (SSSR count). The van der Waals surface area contributed by atoms with Crippen molar-refractivity contribution < 1.29 is 36.6 Å². The number of methoxy groups -OCH3 is 1. The number of likely N-dealkylation sites (N-methyl/N-ethyl adjacent to an activating group) is 1. The highest BCUT2D eigenvalue weighted by atomic mass is 35.5. The maximum Gasteiger partial charge on any atom is 0.416 e. The molecule has 0 bridgehead atoms. The molecule has 2 amide bonds. The molecule has 1 atom stereocenters. The van der Waals surface area contributed by atoms with Crippen LogP contribution in [0.2, 0.25) is 5.02 Å². The van der Waals surface area contributed by atoms with E-state index >= 15 is 0 Å². The number of hydrogen-bond acceptors (Lipinski definition) is 5. The molecule has 1 aliphatic rings. The van der Waals surface area contributed by atoms with Crippen LogP contribution in [0.5, 0.6) is 5.75 Å². The Kier molecular flexibility index (Phi) is 5.99. The monoisotopic (exact) mass is 461 g/mol. The van der Waals surface area contributed by atoms with Gasteiger partial charge in [0, 0.05) is 18.8 Å². The lowest BCUT2D eigenvalue weighted by molar-refractivity contribution is -0.137. The molecule has 1 unspecified atom stereocenters. The number of amides is 2. The number of carbonyl (C=O) groups excluding carboxylic acids is 2. The number of benzene rings is 1. The van der Waals surface area contributed by atoms with Crippen LogP contribution in [-0.4, -0.2) is 43.8 Å². The summed E-state index contributed by atoms with van der Waals surface area (Å²) in [6, 6.07) is 2.30. The number of ether oxygens (including phenoxy) is 2. The van der Waals surface area contributed by atoms with Gasteiger partial charge in [-0.3, -0.25) is 4.79 Å². The Balaban J connectivity index is 2.00. The molecule has 1 aromatic heterocycles. The molecule has 1 aliphatic heterocycles. The maximum absolute atomic E-state index is 13.7. The third-order valence-electron chi connectivity index (χ3n) is 4.59. The van der Waals surface area contributed by atoms with E-state index in [9.17, 15) is 27.2 Å². The van der Waals surface area contributed by atoms with Crippen LogP contribution in [0.25, 0.3) is 0 Å². The molecule has 12 heteroatoms. The van der Waals surface area contributed by atoms with Gasteiger partial charge in [-0.1, -0.05) is 11.6 Å². The lowest BCUT2D eigenvalue weighted by Crippen LogP contribution is -2.47. The van der Waals surface area contributed by atoms with E-state index in [0.717, 1.165) is 28.0 Å². The van der Waals surface area contributed by atoms with Crippen molar-refractivity contribution in [2.75, 3.05) is 30.6 Å². The highest BCUT2D eigenvalue weighted by molar-refractivity contribution is 6.31. The van der Waals surface area contributed by atoms with Gasteiger partial charge in [-0.2, -0.15) is 13.2 Å². The van der Waals surface area contributed by atoms with Crippen LogP contribution in [0.3, 0.4) is 0 Å². The predicted molar refractivity (Wildman–Crippen MR) is 103 cm³/mol. The predicted octanol–water partition coefficient (Wildman–Crippen LogP) is 4.20. The van der Waals surface area contributed by atoms with Gasteiger partial charge in [0.25, 0.3) is 5.91 Å². The highest BCUT2D eigenvalue weighted by Gasteiger charge is 2.43. The van der Waals surface area contributed by atoms with Crippen molar-refractivity contribution >= 4 is 35.1 Å². The Bertz CT molecular complexity index is 1050. The number of rotatable bonds is 4. The van der Waals surface area contributed by atoms with Crippen LogP contribution in [0.1, 0.15) is 11.3 Å². The molecular formula is C19H16ClF4N3O4. The summed E-state index contributed by atoms with van der Waals surface area (Å²) in [4.78, 5) is 31.1. The zero-order valence-electron chi connectivity index (χ0n) is 16.5. The van der Waals surface area contributed by atoms with Gasteiger partial charge in [0.05, 0.1) is 23.4 Å². The molecule has 0 N–H and O–H groups in total. The molecule has 1 saturated heterocycles. The maximum atomic E-state index is 13.7. The number of hydrogen-bond donors (Lipinski definition) is 0. The minimum absolute atomic E-state index is 0.00364. The average Bonchev–Trinajstić information content (AvgIpc) is 3.08. The first-order valence-corrected chi connectivity index (χ1v) is 9.14. The zero-order valence-corrected chi connectivity index (χ0v) is 17.2. The van der Waals surface area contributed by atoms with Crippen molar-refractivity contribution in [3.8, 4) is 5.75 Å². The van der Waals surface area contributed by atoms with E-state index in [2.05, 4.69) is 4.98 Å². The van der Waals surface area contributed by atoms with Crippen LogP contribution in [0, 0.1) is 12.7 Å². The molecule has 2 aromatic rings. The third kappa shape index (κ3) is 4.36. The van der Waals surface area contributed by atoms with E-state index in [1.807, 2.05) is 0 Å². The number of carbonyl (C=O) groups is 2. The number of pyridine rings is 1. The van der Waals surface area contributed by atoms with Gasteiger partial charge in [0.15, 0.2) is 6.04 Å². The fourth-order valence-electron chi connectivity index (χ4n) is 3.08. The SMILES string of the molecule is COc1cc(F)c(Cl)cc1N(C)C(=O)C1COC(=O)N1c1cc(C(F)(F)F)cc(C)n1. The summed E-state index contributed by atoms with van der Waals surface area (Å²) in [5, 5.41) is -0.277. The van der Waals surface area contributed by atoms with Crippen molar-refractivity contribution in [1.82, 2.24) is 4.98 Å². The Morgan fingerprint density at radius 2 is 2.00 bits per heavy atom. The topological polar surface area (TPSA) is 72.0 Å². The molecule has 166 valence electrons. The molecule has 0 radical (unpaired) electrons. The summed E-state index contributed by atoms with van der Waals surface area (Å²) in [6.07, 6.45) is -5.71.